The summed E-state index contributed by atoms with van der Waals surface area (Å²) in [5, 5.41) is 9.72. The summed E-state index contributed by atoms with van der Waals surface area (Å²) in [7, 11) is 0. The lowest BCUT2D eigenvalue weighted by Crippen LogP contribution is -2.07. The van der Waals surface area contributed by atoms with Crippen molar-refractivity contribution in [2.75, 3.05) is 5.73 Å². The molecule has 0 bridgehead atoms. The molecule has 28 heavy (non-hydrogen) atoms. The Kier molecular flexibility index (Phi) is 7.42. The molecule has 1 aromatic carbocycles. The number of anilines is 1. The molecule has 0 aliphatic carbocycles. The molecule has 0 fully saturated rings. The Bertz CT molecular complexity index is 955. The van der Waals surface area contributed by atoms with Crippen molar-refractivity contribution in [1.29, 1.82) is 5.26 Å². The molecule has 2 aromatic rings. The number of terminal acetylenes is 1. The van der Waals surface area contributed by atoms with Crippen LogP contribution in [-0.2, 0) is 12.8 Å². The second-order valence-electron chi connectivity index (χ2n) is 7.25. The van der Waals surface area contributed by atoms with Gasteiger partial charge in [-0.1, -0.05) is 63.0 Å². The Morgan fingerprint density at radius 2 is 2.00 bits per heavy atom. The van der Waals surface area contributed by atoms with E-state index in [-0.39, 0.29) is 5.82 Å². The highest BCUT2D eigenvalue weighted by Gasteiger charge is 2.19. The van der Waals surface area contributed by atoms with Crippen LogP contribution in [0.5, 0.6) is 0 Å². The largest absolute Gasteiger partial charge is 0.383 e. The van der Waals surface area contributed by atoms with E-state index >= 15 is 0 Å². The zero-order valence-corrected chi connectivity index (χ0v) is 17.2. The van der Waals surface area contributed by atoms with E-state index in [9.17, 15) is 5.26 Å². The van der Waals surface area contributed by atoms with E-state index in [1.54, 1.807) is 0 Å². The van der Waals surface area contributed by atoms with Gasteiger partial charge in [0.1, 0.15) is 17.5 Å². The quantitative estimate of drug-likeness (QED) is 0.476. The lowest BCUT2D eigenvalue weighted by atomic mass is 9.90. The highest BCUT2D eigenvalue weighted by atomic mass is 14.9. The molecule has 0 radical (unpaired) electrons. The van der Waals surface area contributed by atoms with Gasteiger partial charge in [0, 0.05) is 12.0 Å². The van der Waals surface area contributed by atoms with Crippen molar-refractivity contribution in [2.45, 2.75) is 59.3 Å². The Balaban J connectivity index is 2.63. The van der Waals surface area contributed by atoms with Gasteiger partial charge < -0.3 is 5.73 Å². The van der Waals surface area contributed by atoms with Crippen molar-refractivity contribution in [3.63, 3.8) is 0 Å². The van der Waals surface area contributed by atoms with Gasteiger partial charge in [0.15, 0.2) is 0 Å². The van der Waals surface area contributed by atoms with Crippen LogP contribution in [-0.4, -0.2) is 4.98 Å². The van der Waals surface area contributed by atoms with Crippen molar-refractivity contribution in [1.82, 2.24) is 4.98 Å². The minimum absolute atomic E-state index is 0.225. The minimum Gasteiger partial charge on any atom is -0.383 e. The number of aromatic nitrogens is 1. The number of nitrogens with two attached hydrogens (primary N) is 1. The smallest absolute Gasteiger partial charge is 0.142 e. The van der Waals surface area contributed by atoms with Gasteiger partial charge in [-0.15, -0.1) is 6.42 Å². The fraction of sp³-hybridized carbons (Fsp3) is 0.360. The normalized spacial score (nSPS) is 10.3. The van der Waals surface area contributed by atoms with Crippen molar-refractivity contribution in [3.8, 4) is 29.5 Å². The van der Waals surface area contributed by atoms with Crippen LogP contribution in [0.1, 0.15) is 67.5 Å². The summed E-state index contributed by atoms with van der Waals surface area (Å²) < 4.78 is 0. The second-order valence-corrected chi connectivity index (χ2v) is 7.25. The number of hydrogen-bond acceptors (Lipinski definition) is 3. The van der Waals surface area contributed by atoms with E-state index in [0.29, 0.717) is 23.1 Å². The van der Waals surface area contributed by atoms with Crippen LogP contribution in [0.15, 0.2) is 30.4 Å². The van der Waals surface area contributed by atoms with E-state index in [4.69, 9.17) is 12.2 Å². The average Bonchev–Trinajstić information content (AvgIpc) is 2.66. The van der Waals surface area contributed by atoms with Gasteiger partial charge in [-0.3, -0.25) is 0 Å². The number of benzene rings is 1. The van der Waals surface area contributed by atoms with Crippen LogP contribution in [0.2, 0.25) is 0 Å². The number of nitrogen functional groups attached to an aromatic ring is 1. The van der Waals surface area contributed by atoms with Gasteiger partial charge in [0.2, 0.25) is 0 Å². The summed E-state index contributed by atoms with van der Waals surface area (Å²) in [5.41, 5.74) is 13.1. The lowest BCUT2D eigenvalue weighted by molar-refractivity contribution is 0.791. The molecule has 3 heteroatoms. The van der Waals surface area contributed by atoms with Crippen LogP contribution >= 0.6 is 0 Å². The summed E-state index contributed by atoms with van der Waals surface area (Å²) in [5.74, 6) is 3.00. The minimum atomic E-state index is 0.225. The van der Waals surface area contributed by atoms with E-state index < -0.39 is 0 Å². The maximum Gasteiger partial charge on any atom is 0.142 e. The summed E-state index contributed by atoms with van der Waals surface area (Å²) >= 11 is 0. The highest BCUT2D eigenvalue weighted by Crippen LogP contribution is 2.34. The van der Waals surface area contributed by atoms with Gasteiger partial charge in [0.25, 0.3) is 0 Å². The summed E-state index contributed by atoms with van der Waals surface area (Å²) in [6, 6.07) is 8.48. The van der Waals surface area contributed by atoms with Crippen LogP contribution < -0.4 is 5.73 Å². The fourth-order valence-corrected chi connectivity index (χ4v) is 3.52. The van der Waals surface area contributed by atoms with Crippen molar-refractivity contribution < 1.29 is 0 Å². The molecule has 144 valence electrons. The van der Waals surface area contributed by atoms with Gasteiger partial charge in [0.05, 0.1) is 11.3 Å². The third-order valence-corrected chi connectivity index (χ3v) is 5.01. The third kappa shape index (κ3) is 4.62. The van der Waals surface area contributed by atoms with Crippen LogP contribution in [0.25, 0.3) is 11.1 Å². The topological polar surface area (TPSA) is 62.7 Å². The summed E-state index contributed by atoms with van der Waals surface area (Å²) in [6.45, 7) is 10.5. The molecule has 3 nitrogen and oxygen atoms in total. The number of unbranched alkanes of at least 4 members (excludes halogenated alkanes) is 1. The summed E-state index contributed by atoms with van der Waals surface area (Å²) in [4.78, 5) is 4.46. The molecule has 0 aliphatic rings. The maximum atomic E-state index is 9.72. The van der Waals surface area contributed by atoms with E-state index in [0.717, 1.165) is 48.9 Å². The maximum absolute atomic E-state index is 9.72. The van der Waals surface area contributed by atoms with E-state index in [2.05, 4.69) is 56.5 Å². The molecule has 0 unspecified atom stereocenters. The van der Waals surface area contributed by atoms with Crippen LogP contribution in [0.4, 0.5) is 5.82 Å². The SMILES string of the molecule is C#Cc1c(CC(=C)CCC)nc(N)c(C#N)c1-c1ccc(CCCC)c(C)c1. The van der Waals surface area contributed by atoms with Gasteiger partial charge in [-0.2, -0.15) is 5.26 Å². The second kappa shape index (κ2) is 9.77. The molecular weight excluding hydrogens is 342 g/mol. The Morgan fingerprint density at radius 3 is 2.57 bits per heavy atom. The number of allylic oxidation sites excluding steroid dienone is 1. The molecule has 0 saturated heterocycles. The van der Waals surface area contributed by atoms with Crippen molar-refractivity contribution >= 4 is 5.82 Å². The molecule has 0 atom stereocenters. The number of pyridine rings is 1. The Labute approximate surface area is 169 Å². The standard InChI is InChI=1S/C25H29N3/c1-6-9-11-19-12-13-20(15-18(19)5)24-21(8-3)23(14-17(4)10-7-2)28-25(27)22(24)16-26/h3,12-13,15H,4,6-7,9-11,14H2,1-2,5H3,(H2,27,28). The van der Waals surface area contributed by atoms with E-state index in [1.807, 2.05) is 6.07 Å². The summed E-state index contributed by atoms with van der Waals surface area (Å²) in [6.07, 6.45) is 11.7. The predicted molar refractivity (Wildman–Crippen MR) is 118 cm³/mol. The molecule has 1 aromatic heterocycles. The van der Waals surface area contributed by atoms with Gasteiger partial charge >= 0.3 is 0 Å². The van der Waals surface area contributed by atoms with Crippen LogP contribution in [0.3, 0.4) is 0 Å². The molecule has 2 rings (SSSR count). The van der Waals surface area contributed by atoms with Crippen LogP contribution in [0, 0.1) is 30.6 Å². The average molecular weight is 372 g/mol. The zero-order valence-electron chi connectivity index (χ0n) is 17.2. The predicted octanol–water partition coefficient (Wildman–Crippen LogP) is 5.73. The van der Waals surface area contributed by atoms with Gasteiger partial charge in [-0.25, -0.2) is 4.98 Å². The molecule has 0 saturated carbocycles. The number of hydrogen-bond donors (Lipinski definition) is 1. The van der Waals surface area contributed by atoms with E-state index in [1.165, 1.54) is 11.1 Å². The molecule has 0 aliphatic heterocycles. The number of aryl methyl sites for hydroxylation is 2. The van der Waals surface area contributed by atoms with Crippen molar-refractivity contribution in [2.24, 2.45) is 0 Å². The third-order valence-electron chi connectivity index (χ3n) is 5.01. The monoisotopic (exact) mass is 371 g/mol. The molecule has 0 spiro atoms. The molecule has 0 amide bonds. The molecular formula is C25H29N3. The number of rotatable bonds is 8. The highest BCUT2D eigenvalue weighted by molar-refractivity contribution is 5.82. The lowest BCUT2D eigenvalue weighted by Gasteiger charge is -2.16. The number of nitriles is 1. The number of nitrogens with zero attached hydrogens (tertiary/aromatic N) is 2. The first kappa shape index (κ1) is 21.3. The first-order chi connectivity index (χ1) is 13.5. The zero-order chi connectivity index (χ0) is 20.7. The Hall–Kier alpha value is -3.04. The molecule has 1 heterocycles. The van der Waals surface area contributed by atoms with Crippen molar-refractivity contribution in [3.05, 3.63) is 58.3 Å². The van der Waals surface area contributed by atoms with Gasteiger partial charge in [-0.05, 0) is 42.9 Å². The fourth-order valence-electron chi connectivity index (χ4n) is 3.52. The molecule has 2 N–H and O–H groups in total. The first-order valence-corrected chi connectivity index (χ1v) is 9.92. The first-order valence-electron chi connectivity index (χ1n) is 9.92. The Morgan fingerprint density at radius 1 is 1.25 bits per heavy atom.